The highest BCUT2D eigenvalue weighted by molar-refractivity contribution is 6.01. The number of rotatable bonds is 2. The van der Waals surface area contributed by atoms with Crippen LogP contribution >= 0.6 is 0 Å². The summed E-state index contributed by atoms with van der Waals surface area (Å²) in [4.78, 5) is 21.5. The van der Waals surface area contributed by atoms with Gasteiger partial charge in [0.15, 0.2) is 17.9 Å². The summed E-state index contributed by atoms with van der Waals surface area (Å²) < 4.78 is 13.4. The molecule has 0 unspecified atom stereocenters. The van der Waals surface area contributed by atoms with E-state index < -0.39 is 11.6 Å². The smallest absolute Gasteiger partial charge is 0.163 e. The van der Waals surface area contributed by atoms with Crippen LogP contribution in [-0.4, -0.2) is 12.1 Å². The first kappa shape index (κ1) is 10.1. The van der Waals surface area contributed by atoms with Crippen molar-refractivity contribution in [2.45, 2.75) is 6.92 Å². The quantitative estimate of drug-likeness (QED) is 0.528. The number of hydrogen-bond acceptors (Lipinski definition) is 3. The molecule has 3 nitrogen and oxygen atoms in total. The van der Waals surface area contributed by atoms with Crippen LogP contribution in [0.3, 0.4) is 0 Å². The predicted octanol–water partition coefficient (Wildman–Crippen LogP) is 1.71. The standard InChI is InChI=1S/C10H6FNO2/c1-6(14)9-8(5-13)3-2-7(4-12)10(9)11/h2-3,5H,1H3. The first-order valence-electron chi connectivity index (χ1n) is 3.80. The van der Waals surface area contributed by atoms with Gasteiger partial charge in [-0.2, -0.15) is 5.26 Å². The van der Waals surface area contributed by atoms with Gasteiger partial charge in [0.05, 0.1) is 11.1 Å². The monoisotopic (exact) mass is 191 g/mol. The molecule has 1 aromatic rings. The van der Waals surface area contributed by atoms with Gasteiger partial charge in [-0.1, -0.05) is 0 Å². The summed E-state index contributed by atoms with van der Waals surface area (Å²) in [6.07, 6.45) is 0.390. The molecular formula is C10H6FNO2. The predicted molar refractivity (Wildman–Crippen MR) is 46.5 cm³/mol. The number of benzene rings is 1. The minimum absolute atomic E-state index is 0.0333. The Labute approximate surface area is 79.8 Å². The topological polar surface area (TPSA) is 57.9 Å². The minimum atomic E-state index is -0.926. The lowest BCUT2D eigenvalue weighted by Crippen LogP contribution is -2.04. The van der Waals surface area contributed by atoms with Crippen molar-refractivity contribution in [2.24, 2.45) is 0 Å². The molecule has 0 bridgehead atoms. The number of nitrogens with zero attached hydrogens (tertiary/aromatic N) is 1. The summed E-state index contributed by atoms with van der Waals surface area (Å²) in [5.41, 5.74) is -0.589. The van der Waals surface area contributed by atoms with Gasteiger partial charge in [0.2, 0.25) is 0 Å². The highest BCUT2D eigenvalue weighted by Crippen LogP contribution is 2.16. The molecule has 0 N–H and O–H groups in total. The molecule has 1 rings (SSSR count). The van der Waals surface area contributed by atoms with E-state index in [4.69, 9.17) is 5.26 Å². The van der Waals surface area contributed by atoms with Crippen LogP contribution in [0.5, 0.6) is 0 Å². The molecule has 1 aromatic carbocycles. The van der Waals surface area contributed by atoms with Crippen molar-refractivity contribution in [3.8, 4) is 6.07 Å². The van der Waals surface area contributed by atoms with Crippen molar-refractivity contribution in [1.29, 1.82) is 5.26 Å². The zero-order valence-electron chi connectivity index (χ0n) is 7.37. The third-order valence-corrected chi connectivity index (χ3v) is 1.77. The number of ketones is 1. The highest BCUT2D eigenvalue weighted by Gasteiger charge is 2.16. The van der Waals surface area contributed by atoms with E-state index in [0.717, 1.165) is 6.92 Å². The number of hydrogen-bond donors (Lipinski definition) is 0. The lowest BCUT2D eigenvalue weighted by atomic mass is 10.0. The maximum absolute atomic E-state index is 13.4. The van der Waals surface area contributed by atoms with Crippen LogP contribution in [-0.2, 0) is 0 Å². The van der Waals surface area contributed by atoms with E-state index in [0.29, 0.717) is 6.29 Å². The molecule has 0 saturated carbocycles. The Bertz CT molecular complexity index is 446. The van der Waals surface area contributed by atoms with Gasteiger partial charge < -0.3 is 0 Å². The van der Waals surface area contributed by atoms with Gasteiger partial charge in [0, 0.05) is 5.56 Å². The Hall–Kier alpha value is -2.02. The van der Waals surface area contributed by atoms with Crippen LogP contribution in [0.1, 0.15) is 33.2 Å². The Morgan fingerprint density at radius 1 is 1.57 bits per heavy atom. The molecule has 0 radical (unpaired) electrons. The SMILES string of the molecule is CC(=O)c1c(C=O)ccc(C#N)c1F. The fourth-order valence-electron chi connectivity index (χ4n) is 1.13. The summed E-state index contributed by atoms with van der Waals surface area (Å²) in [5, 5.41) is 8.50. The minimum Gasteiger partial charge on any atom is -0.298 e. The second kappa shape index (κ2) is 3.79. The van der Waals surface area contributed by atoms with Crippen LogP contribution in [0.2, 0.25) is 0 Å². The zero-order valence-corrected chi connectivity index (χ0v) is 7.37. The molecule has 0 spiro atoms. The lowest BCUT2D eigenvalue weighted by molar-refractivity contribution is 0.100. The second-order valence-corrected chi connectivity index (χ2v) is 2.68. The molecule has 0 aliphatic heterocycles. The van der Waals surface area contributed by atoms with Gasteiger partial charge in [-0.3, -0.25) is 9.59 Å². The molecule has 0 atom stereocenters. The zero-order chi connectivity index (χ0) is 10.7. The van der Waals surface area contributed by atoms with E-state index in [1.165, 1.54) is 12.1 Å². The van der Waals surface area contributed by atoms with Gasteiger partial charge in [-0.15, -0.1) is 0 Å². The average Bonchev–Trinajstić information content (AvgIpc) is 2.16. The van der Waals surface area contributed by atoms with Crippen LogP contribution in [0, 0.1) is 17.1 Å². The van der Waals surface area contributed by atoms with E-state index in [-0.39, 0.29) is 16.7 Å². The summed E-state index contributed by atoms with van der Waals surface area (Å²) in [7, 11) is 0. The van der Waals surface area contributed by atoms with E-state index in [1.807, 2.05) is 0 Å². The first-order valence-corrected chi connectivity index (χ1v) is 3.80. The van der Waals surface area contributed by atoms with Crippen molar-refractivity contribution in [2.75, 3.05) is 0 Å². The van der Waals surface area contributed by atoms with Crippen molar-refractivity contribution in [3.63, 3.8) is 0 Å². The van der Waals surface area contributed by atoms with Crippen LogP contribution in [0.15, 0.2) is 12.1 Å². The molecule has 0 aliphatic rings. The van der Waals surface area contributed by atoms with E-state index in [2.05, 4.69) is 0 Å². The molecule has 0 aromatic heterocycles. The second-order valence-electron chi connectivity index (χ2n) is 2.68. The Morgan fingerprint density at radius 2 is 2.21 bits per heavy atom. The summed E-state index contributed by atoms with van der Waals surface area (Å²) in [5.74, 6) is -1.49. The number of aldehydes is 1. The van der Waals surface area contributed by atoms with Crippen molar-refractivity contribution >= 4 is 12.1 Å². The summed E-state index contributed by atoms with van der Waals surface area (Å²) >= 11 is 0. The van der Waals surface area contributed by atoms with Gasteiger partial charge in [-0.05, 0) is 19.1 Å². The summed E-state index contributed by atoms with van der Waals surface area (Å²) in [6.45, 7) is 1.15. The number of nitriles is 1. The fourth-order valence-corrected chi connectivity index (χ4v) is 1.13. The number of Topliss-reactive ketones (excluding diaryl/α,β-unsaturated/α-hetero) is 1. The molecule has 4 heteroatoms. The molecular weight excluding hydrogens is 185 g/mol. The normalized spacial score (nSPS) is 9.21. The van der Waals surface area contributed by atoms with Gasteiger partial charge in [-0.25, -0.2) is 4.39 Å². The third kappa shape index (κ3) is 1.52. The van der Waals surface area contributed by atoms with Gasteiger partial charge >= 0.3 is 0 Å². The van der Waals surface area contributed by atoms with Crippen LogP contribution in [0.4, 0.5) is 4.39 Å². The molecule has 0 fully saturated rings. The lowest BCUT2D eigenvalue weighted by Gasteiger charge is -2.02. The molecule has 70 valence electrons. The van der Waals surface area contributed by atoms with E-state index >= 15 is 0 Å². The van der Waals surface area contributed by atoms with E-state index in [1.54, 1.807) is 6.07 Å². The number of halogens is 1. The molecule has 0 saturated heterocycles. The fraction of sp³-hybridized carbons (Fsp3) is 0.100. The number of carbonyl (C=O) groups excluding carboxylic acids is 2. The van der Waals surface area contributed by atoms with Crippen molar-refractivity contribution in [1.82, 2.24) is 0 Å². The number of carbonyl (C=O) groups is 2. The third-order valence-electron chi connectivity index (χ3n) is 1.77. The maximum atomic E-state index is 13.4. The molecule has 14 heavy (non-hydrogen) atoms. The van der Waals surface area contributed by atoms with Crippen LogP contribution < -0.4 is 0 Å². The Balaban J connectivity index is 3.56. The van der Waals surface area contributed by atoms with Crippen molar-refractivity contribution < 1.29 is 14.0 Å². The van der Waals surface area contributed by atoms with Crippen LogP contribution in [0.25, 0.3) is 0 Å². The Morgan fingerprint density at radius 3 is 2.64 bits per heavy atom. The van der Waals surface area contributed by atoms with Gasteiger partial charge in [0.25, 0.3) is 0 Å². The molecule has 0 amide bonds. The largest absolute Gasteiger partial charge is 0.298 e. The maximum Gasteiger partial charge on any atom is 0.163 e. The van der Waals surface area contributed by atoms with E-state index in [9.17, 15) is 14.0 Å². The molecule has 0 aliphatic carbocycles. The molecule has 0 heterocycles. The van der Waals surface area contributed by atoms with Crippen molar-refractivity contribution in [3.05, 3.63) is 34.6 Å². The first-order chi connectivity index (χ1) is 6.61. The highest BCUT2D eigenvalue weighted by atomic mass is 19.1. The van der Waals surface area contributed by atoms with Gasteiger partial charge in [0.1, 0.15) is 6.07 Å². The average molecular weight is 191 g/mol. The summed E-state index contributed by atoms with van der Waals surface area (Å²) in [6, 6.07) is 4.03. The Kier molecular flexibility index (Phi) is 2.73.